The summed E-state index contributed by atoms with van der Waals surface area (Å²) in [4.78, 5) is 3.18. The summed E-state index contributed by atoms with van der Waals surface area (Å²) >= 11 is 0. The number of para-hydroxylation sites is 1. The summed E-state index contributed by atoms with van der Waals surface area (Å²) in [6.07, 6.45) is -4.83. The highest BCUT2D eigenvalue weighted by Gasteiger charge is 2.38. The maximum atomic E-state index is 13.5. The molecule has 1 aromatic heterocycles. The molecule has 3 rings (SSSR count). The molecular weight excluding hydrogens is 442 g/mol. The molecule has 0 saturated heterocycles. The first-order valence-electron chi connectivity index (χ1n) is 8.90. The second kappa shape index (κ2) is 9.02. The smallest absolute Gasteiger partial charge is 0.417 e. The molecule has 0 aliphatic carbocycles. The fraction of sp³-hybridized carbons (Fsp3) is 0.263. The van der Waals surface area contributed by atoms with Crippen LogP contribution in [0.4, 0.5) is 17.6 Å². The van der Waals surface area contributed by atoms with E-state index < -0.39 is 32.5 Å². The Balaban J connectivity index is 1.64. The minimum absolute atomic E-state index is 0.00333. The summed E-state index contributed by atoms with van der Waals surface area (Å²) in [5.41, 5.74) is -1.24. The number of ether oxygens (including phenoxy) is 1. The van der Waals surface area contributed by atoms with Gasteiger partial charge in [0.05, 0.1) is 10.5 Å². The Morgan fingerprint density at radius 2 is 1.77 bits per heavy atom. The largest absolute Gasteiger partial charge is 0.481 e. The van der Waals surface area contributed by atoms with Gasteiger partial charge in [0.2, 0.25) is 10.0 Å². The van der Waals surface area contributed by atoms with Crippen LogP contribution in [0.3, 0.4) is 0 Å². The molecule has 0 amide bonds. The third-order valence-electron chi connectivity index (χ3n) is 4.23. The van der Waals surface area contributed by atoms with Gasteiger partial charge in [-0.05, 0) is 24.3 Å². The molecule has 2 aromatic carbocycles. The molecule has 31 heavy (non-hydrogen) atoms. The Bertz CT molecular complexity index is 1150. The van der Waals surface area contributed by atoms with Gasteiger partial charge >= 0.3 is 6.18 Å². The van der Waals surface area contributed by atoms with Crippen molar-refractivity contribution in [2.24, 2.45) is 0 Å². The molecule has 166 valence electrons. The molecule has 0 fully saturated rings. The molecule has 3 aromatic rings. The zero-order valence-corrected chi connectivity index (χ0v) is 17.0. The monoisotopic (exact) mass is 459 g/mol. The van der Waals surface area contributed by atoms with Gasteiger partial charge in [-0.3, -0.25) is 0 Å². The van der Waals surface area contributed by atoms with E-state index in [0.717, 1.165) is 23.5 Å². The van der Waals surface area contributed by atoms with E-state index in [-0.39, 0.29) is 37.0 Å². The molecule has 0 radical (unpaired) electrons. The molecule has 0 aliphatic heterocycles. The van der Waals surface area contributed by atoms with Gasteiger partial charge in [0.1, 0.15) is 0 Å². The average molecular weight is 459 g/mol. The van der Waals surface area contributed by atoms with Crippen molar-refractivity contribution in [3.05, 3.63) is 71.6 Å². The van der Waals surface area contributed by atoms with E-state index in [4.69, 9.17) is 9.26 Å². The van der Waals surface area contributed by atoms with Crippen molar-refractivity contribution >= 4 is 10.0 Å². The molecule has 0 aliphatic rings. The number of hydrogen-bond donors (Lipinski definition) is 0. The Morgan fingerprint density at radius 3 is 2.48 bits per heavy atom. The zero-order chi connectivity index (χ0) is 22.6. The molecule has 0 N–H and O–H groups in total. The van der Waals surface area contributed by atoms with Crippen molar-refractivity contribution in [3.8, 4) is 5.75 Å². The minimum atomic E-state index is -4.81. The number of aromatic nitrogens is 2. The van der Waals surface area contributed by atoms with Crippen LogP contribution in [0.25, 0.3) is 0 Å². The van der Waals surface area contributed by atoms with Gasteiger partial charge in [-0.2, -0.15) is 18.2 Å². The van der Waals surface area contributed by atoms with E-state index in [1.165, 1.54) is 24.3 Å². The van der Waals surface area contributed by atoms with Gasteiger partial charge in [0.25, 0.3) is 5.89 Å². The standard InChI is InChI=1S/C19H17F4N3O4S/c1-26(31(27,28)16-9-5-2-6-13(16)19(21,22)23)11-10-17-24-18(30-25-17)12-29-15-8-4-3-7-14(15)20/h2-9H,10-12H2,1H3. The molecule has 0 atom stereocenters. The van der Waals surface area contributed by atoms with Crippen molar-refractivity contribution in [2.45, 2.75) is 24.1 Å². The third kappa shape index (κ3) is 5.39. The summed E-state index contributed by atoms with van der Waals surface area (Å²) in [6, 6.07) is 9.69. The predicted octanol–water partition coefficient (Wildman–Crippen LogP) is 3.67. The maximum Gasteiger partial charge on any atom is 0.417 e. The summed E-state index contributed by atoms with van der Waals surface area (Å²) in [7, 11) is -3.25. The molecular formula is C19H17F4N3O4S. The van der Waals surface area contributed by atoms with Gasteiger partial charge in [0.15, 0.2) is 24.0 Å². The van der Waals surface area contributed by atoms with E-state index in [9.17, 15) is 26.0 Å². The van der Waals surface area contributed by atoms with Crippen molar-refractivity contribution in [1.82, 2.24) is 14.4 Å². The first-order valence-corrected chi connectivity index (χ1v) is 10.3. The lowest BCUT2D eigenvalue weighted by molar-refractivity contribution is -0.139. The Kier molecular flexibility index (Phi) is 6.60. The molecule has 0 saturated carbocycles. The summed E-state index contributed by atoms with van der Waals surface area (Å²) in [5, 5.41) is 3.67. The number of nitrogens with zero attached hydrogens (tertiary/aromatic N) is 3. The number of alkyl halides is 3. The number of sulfonamides is 1. The average Bonchev–Trinajstić information content (AvgIpc) is 3.18. The third-order valence-corrected chi connectivity index (χ3v) is 6.14. The normalized spacial score (nSPS) is 12.3. The molecule has 0 unspecified atom stereocenters. The van der Waals surface area contributed by atoms with Crippen molar-refractivity contribution in [1.29, 1.82) is 0 Å². The lowest BCUT2D eigenvalue weighted by atomic mass is 10.2. The van der Waals surface area contributed by atoms with Gasteiger partial charge in [-0.25, -0.2) is 17.1 Å². The van der Waals surface area contributed by atoms with Crippen LogP contribution in [0.2, 0.25) is 0 Å². The molecule has 1 heterocycles. The molecule has 12 heteroatoms. The summed E-state index contributed by atoms with van der Waals surface area (Å²) in [6.45, 7) is -0.400. The number of rotatable bonds is 8. The molecule has 7 nitrogen and oxygen atoms in total. The fourth-order valence-electron chi connectivity index (χ4n) is 2.62. The Morgan fingerprint density at radius 1 is 1.10 bits per heavy atom. The number of halogens is 4. The first kappa shape index (κ1) is 22.7. The SMILES string of the molecule is CN(CCc1noc(COc2ccccc2F)n1)S(=O)(=O)c1ccccc1C(F)(F)F. The van der Waals surface area contributed by atoms with Crippen LogP contribution in [0.1, 0.15) is 17.3 Å². The van der Waals surface area contributed by atoms with E-state index in [2.05, 4.69) is 10.1 Å². The number of hydrogen-bond acceptors (Lipinski definition) is 6. The summed E-state index contributed by atoms with van der Waals surface area (Å²) < 4.78 is 89.3. The van der Waals surface area contributed by atoms with Crippen molar-refractivity contribution in [3.63, 3.8) is 0 Å². The minimum Gasteiger partial charge on any atom is -0.481 e. The van der Waals surface area contributed by atoms with Crippen LogP contribution >= 0.6 is 0 Å². The van der Waals surface area contributed by atoms with Crippen molar-refractivity contribution < 1.29 is 35.2 Å². The van der Waals surface area contributed by atoms with E-state index >= 15 is 0 Å². The van der Waals surface area contributed by atoms with Gasteiger partial charge in [-0.15, -0.1) is 0 Å². The number of benzene rings is 2. The zero-order valence-electron chi connectivity index (χ0n) is 16.1. The van der Waals surface area contributed by atoms with Crippen LogP contribution in [-0.4, -0.2) is 36.5 Å². The van der Waals surface area contributed by atoms with Crippen LogP contribution < -0.4 is 4.74 Å². The Hall–Kier alpha value is -2.99. The van der Waals surface area contributed by atoms with E-state index in [1.54, 1.807) is 6.07 Å². The van der Waals surface area contributed by atoms with Gasteiger partial charge in [0, 0.05) is 20.0 Å². The van der Waals surface area contributed by atoms with Crippen LogP contribution in [0.15, 0.2) is 57.9 Å². The van der Waals surface area contributed by atoms with Gasteiger partial charge in [-0.1, -0.05) is 29.4 Å². The van der Waals surface area contributed by atoms with Crippen LogP contribution in [0.5, 0.6) is 5.75 Å². The van der Waals surface area contributed by atoms with Crippen LogP contribution in [0, 0.1) is 5.82 Å². The topological polar surface area (TPSA) is 85.5 Å². The van der Waals surface area contributed by atoms with E-state index in [1.807, 2.05) is 0 Å². The highest BCUT2D eigenvalue weighted by Crippen LogP contribution is 2.34. The fourth-order valence-corrected chi connectivity index (χ4v) is 4.00. The maximum absolute atomic E-state index is 13.5. The molecule has 0 spiro atoms. The quantitative estimate of drug-likeness (QED) is 0.478. The predicted molar refractivity (Wildman–Crippen MR) is 100.0 cm³/mol. The second-order valence-corrected chi connectivity index (χ2v) is 8.41. The first-order chi connectivity index (χ1) is 14.6. The lowest BCUT2D eigenvalue weighted by Crippen LogP contribution is -2.31. The number of likely N-dealkylation sites (N-methyl/N-ethyl adjacent to an activating group) is 1. The lowest BCUT2D eigenvalue weighted by Gasteiger charge is -2.19. The highest BCUT2D eigenvalue weighted by atomic mass is 32.2. The Labute approximate surface area is 175 Å². The van der Waals surface area contributed by atoms with Gasteiger partial charge < -0.3 is 9.26 Å². The molecule has 0 bridgehead atoms. The van der Waals surface area contributed by atoms with Crippen molar-refractivity contribution in [2.75, 3.05) is 13.6 Å². The summed E-state index contributed by atoms with van der Waals surface area (Å²) in [5.74, 6) is -0.408. The van der Waals surface area contributed by atoms with Crippen LogP contribution in [-0.2, 0) is 29.2 Å². The van der Waals surface area contributed by atoms with E-state index in [0.29, 0.717) is 6.07 Å². The highest BCUT2D eigenvalue weighted by molar-refractivity contribution is 7.89. The second-order valence-electron chi connectivity index (χ2n) is 6.39.